The molecular formula is C16H32N4O. The zero-order chi connectivity index (χ0) is 15.5. The molecule has 0 aliphatic heterocycles. The number of carbonyl (C=O) groups excluding carboxylic acids is 1. The fourth-order valence-electron chi connectivity index (χ4n) is 2.64. The Morgan fingerprint density at radius 3 is 2.57 bits per heavy atom. The molecular weight excluding hydrogens is 264 g/mol. The number of carbonyl (C=O) groups is 1. The van der Waals surface area contributed by atoms with E-state index in [0.717, 1.165) is 44.7 Å². The molecule has 21 heavy (non-hydrogen) atoms. The maximum Gasteiger partial charge on any atom is 0.242 e. The number of unbranched alkanes of at least 4 members (excludes halogenated alkanes) is 1. The summed E-state index contributed by atoms with van der Waals surface area (Å²) in [5.74, 6) is 0.867. The normalized spacial score (nSPS) is 16.6. The van der Waals surface area contributed by atoms with E-state index in [-0.39, 0.29) is 12.5 Å². The summed E-state index contributed by atoms with van der Waals surface area (Å²) < 4.78 is 0. The molecule has 1 amide bonds. The van der Waals surface area contributed by atoms with Gasteiger partial charge in [0.15, 0.2) is 5.96 Å². The molecule has 0 aromatic carbocycles. The molecule has 0 saturated heterocycles. The monoisotopic (exact) mass is 296 g/mol. The molecule has 0 bridgehead atoms. The van der Waals surface area contributed by atoms with Crippen LogP contribution in [0.25, 0.3) is 0 Å². The average Bonchev–Trinajstić information content (AvgIpc) is 2.50. The zero-order valence-corrected chi connectivity index (χ0v) is 14.0. The lowest BCUT2D eigenvalue weighted by Gasteiger charge is -2.23. The Hall–Kier alpha value is -1.26. The van der Waals surface area contributed by atoms with Gasteiger partial charge in [0.1, 0.15) is 6.54 Å². The Balaban J connectivity index is 2.41. The molecule has 1 fully saturated rings. The maximum absolute atomic E-state index is 12.0. The third kappa shape index (κ3) is 7.34. The van der Waals surface area contributed by atoms with Crippen LogP contribution in [0.5, 0.6) is 0 Å². The lowest BCUT2D eigenvalue weighted by molar-refractivity contribution is -0.120. The predicted octanol–water partition coefficient (Wildman–Crippen LogP) is 2.13. The summed E-state index contributed by atoms with van der Waals surface area (Å²) in [5, 5.41) is 6.35. The first kappa shape index (κ1) is 17.8. The van der Waals surface area contributed by atoms with Crippen LogP contribution in [0.3, 0.4) is 0 Å². The van der Waals surface area contributed by atoms with E-state index in [1.54, 1.807) is 0 Å². The third-order valence-corrected chi connectivity index (χ3v) is 3.89. The fourth-order valence-corrected chi connectivity index (χ4v) is 2.64. The van der Waals surface area contributed by atoms with Crippen molar-refractivity contribution in [3.05, 3.63) is 0 Å². The summed E-state index contributed by atoms with van der Waals surface area (Å²) in [6, 6.07) is 0.363. The number of hydrogen-bond donors (Lipinski definition) is 2. The van der Waals surface area contributed by atoms with Gasteiger partial charge in [0.2, 0.25) is 5.91 Å². The topological polar surface area (TPSA) is 56.7 Å². The molecule has 0 spiro atoms. The third-order valence-electron chi connectivity index (χ3n) is 3.89. The smallest absolute Gasteiger partial charge is 0.242 e. The highest BCUT2D eigenvalue weighted by atomic mass is 16.1. The van der Waals surface area contributed by atoms with E-state index in [9.17, 15) is 4.79 Å². The molecule has 1 aliphatic carbocycles. The van der Waals surface area contributed by atoms with Crippen LogP contribution in [0.1, 0.15) is 58.8 Å². The first-order valence-electron chi connectivity index (χ1n) is 8.46. The minimum atomic E-state index is 0.0428. The van der Waals surface area contributed by atoms with Gasteiger partial charge in [-0.3, -0.25) is 4.79 Å². The van der Waals surface area contributed by atoms with Crippen LogP contribution in [0, 0.1) is 0 Å². The molecule has 122 valence electrons. The molecule has 0 atom stereocenters. The summed E-state index contributed by atoms with van der Waals surface area (Å²) in [4.78, 5) is 18.5. The van der Waals surface area contributed by atoms with Crippen LogP contribution >= 0.6 is 0 Å². The van der Waals surface area contributed by atoms with Gasteiger partial charge in [-0.15, -0.1) is 0 Å². The molecule has 0 unspecified atom stereocenters. The molecule has 5 nitrogen and oxygen atoms in total. The summed E-state index contributed by atoms with van der Waals surface area (Å²) in [6.45, 7) is 6.22. The lowest BCUT2D eigenvalue weighted by Crippen LogP contribution is -2.41. The van der Waals surface area contributed by atoms with Gasteiger partial charge in [0, 0.05) is 26.2 Å². The number of guanidine groups is 1. The van der Waals surface area contributed by atoms with E-state index in [2.05, 4.69) is 27.4 Å². The summed E-state index contributed by atoms with van der Waals surface area (Å²) in [7, 11) is 2.02. The van der Waals surface area contributed by atoms with Crippen molar-refractivity contribution in [1.82, 2.24) is 15.5 Å². The second kappa shape index (κ2) is 10.5. The Morgan fingerprint density at radius 2 is 1.95 bits per heavy atom. The van der Waals surface area contributed by atoms with Crippen molar-refractivity contribution in [1.29, 1.82) is 0 Å². The van der Waals surface area contributed by atoms with Crippen molar-refractivity contribution in [3.8, 4) is 0 Å². The average molecular weight is 296 g/mol. The van der Waals surface area contributed by atoms with E-state index in [4.69, 9.17) is 0 Å². The van der Waals surface area contributed by atoms with Crippen LogP contribution in [0.2, 0.25) is 0 Å². The largest absolute Gasteiger partial charge is 0.357 e. The molecule has 1 saturated carbocycles. The first-order chi connectivity index (χ1) is 10.2. The van der Waals surface area contributed by atoms with Crippen molar-refractivity contribution in [2.45, 2.75) is 64.8 Å². The fraction of sp³-hybridized carbons (Fsp3) is 0.875. The maximum atomic E-state index is 12.0. The van der Waals surface area contributed by atoms with Crippen molar-refractivity contribution in [2.75, 3.05) is 26.7 Å². The number of hydrogen-bond acceptors (Lipinski definition) is 2. The molecule has 0 radical (unpaired) electrons. The van der Waals surface area contributed by atoms with Crippen molar-refractivity contribution in [3.63, 3.8) is 0 Å². The van der Waals surface area contributed by atoms with Gasteiger partial charge in [-0.05, 0) is 26.2 Å². The van der Waals surface area contributed by atoms with E-state index in [0.29, 0.717) is 6.04 Å². The minimum absolute atomic E-state index is 0.0428. The van der Waals surface area contributed by atoms with Crippen molar-refractivity contribution >= 4 is 11.9 Å². The molecule has 0 aromatic rings. The van der Waals surface area contributed by atoms with Gasteiger partial charge < -0.3 is 15.5 Å². The molecule has 0 heterocycles. The SMILES string of the molecule is CCCCN(C)C(=NCC(=O)NC1CCCCC1)NCC. The number of amides is 1. The zero-order valence-electron chi connectivity index (χ0n) is 14.0. The van der Waals surface area contributed by atoms with Crippen LogP contribution in [0.4, 0.5) is 0 Å². The van der Waals surface area contributed by atoms with Gasteiger partial charge >= 0.3 is 0 Å². The van der Waals surface area contributed by atoms with Crippen molar-refractivity contribution in [2.24, 2.45) is 4.99 Å². The summed E-state index contributed by atoms with van der Waals surface area (Å²) >= 11 is 0. The number of rotatable bonds is 7. The second-order valence-corrected chi connectivity index (χ2v) is 5.85. The van der Waals surface area contributed by atoms with Gasteiger partial charge in [-0.1, -0.05) is 32.6 Å². The molecule has 2 N–H and O–H groups in total. The van der Waals surface area contributed by atoms with Gasteiger partial charge in [-0.25, -0.2) is 4.99 Å². The number of nitrogens with zero attached hydrogens (tertiary/aromatic N) is 2. The van der Waals surface area contributed by atoms with E-state index in [1.807, 2.05) is 14.0 Å². The Kier molecular flexibility index (Phi) is 8.87. The second-order valence-electron chi connectivity index (χ2n) is 5.85. The highest BCUT2D eigenvalue weighted by Crippen LogP contribution is 2.17. The van der Waals surface area contributed by atoms with E-state index >= 15 is 0 Å². The minimum Gasteiger partial charge on any atom is -0.357 e. The lowest BCUT2D eigenvalue weighted by atomic mass is 9.95. The van der Waals surface area contributed by atoms with Crippen LogP contribution in [-0.4, -0.2) is 49.5 Å². The quantitative estimate of drug-likeness (QED) is 0.559. The van der Waals surface area contributed by atoms with Crippen LogP contribution in [0.15, 0.2) is 4.99 Å². The van der Waals surface area contributed by atoms with Crippen LogP contribution < -0.4 is 10.6 Å². The standard InChI is InChI=1S/C16H32N4O/c1-4-6-12-20(3)16(17-5-2)18-13-15(21)19-14-10-8-7-9-11-14/h14H,4-13H2,1-3H3,(H,17,18)(H,19,21). The Labute approximate surface area is 129 Å². The van der Waals surface area contributed by atoms with Gasteiger partial charge in [0.25, 0.3) is 0 Å². The number of nitrogens with one attached hydrogen (secondary N) is 2. The highest BCUT2D eigenvalue weighted by Gasteiger charge is 2.15. The summed E-state index contributed by atoms with van der Waals surface area (Å²) in [5.41, 5.74) is 0. The predicted molar refractivity (Wildman–Crippen MR) is 88.5 cm³/mol. The molecule has 1 rings (SSSR count). The first-order valence-corrected chi connectivity index (χ1v) is 8.46. The highest BCUT2D eigenvalue weighted by molar-refractivity contribution is 5.84. The number of aliphatic imine (C=N–C) groups is 1. The van der Waals surface area contributed by atoms with Crippen LogP contribution in [-0.2, 0) is 4.79 Å². The Morgan fingerprint density at radius 1 is 1.24 bits per heavy atom. The van der Waals surface area contributed by atoms with Gasteiger partial charge in [0.05, 0.1) is 0 Å². The molecule has 5 heteroatoms. The molecule has 0 aromatic heterocycles. The van der Waals surface area contributed by atoms with E-state index < -0.39 is 0 Å². The Bertz CT molecular complexity index is 324. The van der Waals surface area contributed by atoms with Gasteiger partial charge in [-0.2, -0.15) is 0 Å². The summed E-state index contributed by atoms with van der Waals surface area (Å²) in [6.07, 6.45) is 8.30. The van der Waals surface area contributed by atoms with E-state index in [1.165, 1.54) is 19.3 Å². The van der Waals surface area contributed by atoms with Crippen molar-refractivity contribution < 1.29 is 4.79 Å². The molecule has 1 aliphatic rings.